The van der Waals surface area contributed by atoms with Crippen molar-refractivity contribution in [2.45, 2.75) is 16.3 Å². The molecule has 9 heteroatoms. The number of benzene rings is 2. The molecule has 0 aliphatic heterocycles. The molecule has 1 N–H and O–H groups in total. The molecule has 0 spiro atoms. The molecule has 0 saturated heterocycles. The van der Waals surface area contributed by atoms with Gasteiger partial charge in [-0.05, 0) is 48.0 Å². The molecule has 0 aliphatic rings. The van der Waals surface area contributed by atoms with Gasteiger partial charge < -0.3 is 9.73 Å². The highest BCUT2D eigenvalue weighted by atomic mass is 35.5. The smallest absolute Gasteiger partial charge is 0.287 e. The molecule has 2 aromatic carbocycles. The monoisotopic (exact) mass is 444 g/mol. The van der Waals surface area contributed by atoms with E-state index in [9.17, 15) is 17.6 Å². The van der Waals surface area contributed by atoms with Gasteiger partial charge in [0.05, 0.1) is 21.0 Å². The van der Waals surface area contributed by atoms with E-state index in [1.165, 1.54) is 24.4 Å². The highest BCUT2D eigenvalue weighted by Crippen LogP contribution is 2.28. The van der Waals surface area contributed by atoms with Crippen LogP contribution in [0.5, 0.6) is 0 Å². The normalized spacial score (nSPS) is 11.5. The third-order valence-electron chi connectivity index (χ3n) is 4.42. The number of hydrogen-bond acceptors (Lipinski definition) is 5. The average Bonchev–Trinajstić information content (AvgIpc) is 3.18. The Hall–Kier alpha value is -3.23. The average molecular weight is 445 g/mol. The lowest BCUT2D eigenvalue weighted by molar-refractivity contribution is 0.0925. The summed E-state index contributed by atoms with van der Waals surface area (Å²) < 4.78 is 44.4. The maximum absolute atomic E-state index is 13.5. The van der Waals surface area contributed by atoms with Crippen molar-refractivity contribution in [3.63, 3.8) is 0 Å². The number of carbonyl (C=O) groups is 1. The zero-order chi connectivity index (χ0) is 21.3. The van der Waals surface area contributed by atoms with Gasteiger partial charge in [0.1, 0.15) is 5.82 Å². The van der Waals surface area contributed by atoms with E-state index < -0.39 is 21.6 Å². The Kier molecular flexibility index (Phi) is 5.27. The molecule has 30 heavy (non-hydrogen) atoms. The van der Waals surface area contributed by atoms with Crippen molar-refractivity contribution >= 4 is 38.3 Å². The maximum atomic E-state index is 13.5. The molecule has 2 aromatic heterocycles. The predicted molar refractivity (Wildman–Crippen MR) is 108 cm³/mol. The van der Waals surface area contributed by atoms with Gasteiger partial charge in [0.2, 0.25) is 9.84 Å². The molecule has 4 aromatic rings. The van der Waals surface area contributed by atoms with Crippen molar-refractivity contribution in [1.29, 1.82) is 0 Å². The first-order chi connectivity index (χ1) is 14.3. The number of fused-ring (bicyclic) bond motifs is 1. The number of carbonyl (C=O) groups excluding carboxylic acids is 1. The molecule has 0 saturated carbocycles. The minimum Gasteiger partial charge on any atom is -0.449 e. The number of amides is 1. The van der Waals surface area contributed by atoms with E-state index in [1.54, 1.807) is 30.5 Å². The lowest BCUT2D eigenvalue weighted by Crippen LogP contribution is -2.22. The Labute approximate surface area is 176 Å². The van der Waals surface area contributed by atoms with Gasteiger partial charge in [0.25, 0.3) is 5.91 Å². The SMILES string of the molecule is O=C(NCc1ccc(S(=O)(=O)c2cc(F)ccc2Cl)cc1)c1cc2ccncc2o1. The Morgan fingerprint density at radius 1 is 1.10 bits per heavy atom. The van der Waals surface area contributed by atoms with Gasteiger partial charge in [0, 0.05) is 18.1 Å². The van der Waals surface area contributed by atoms with Gasteiger partial charge in [-0.3, -0.25) is 9.78 Å². The molecule has 152 valence electrons. The Bertz CT molecular complexity index is 1320. The minimum absolute atomic E-state index is 0.0325. The van der Waals surface area contributed by atoms with Crippen molar-refractivity contribution in [2.75, 3.05) is 0 Å². The number of aromatic nitrogens is 1. The van der Waals surface area contributed by atoms with Crippen LogP contribution in [0.25, 0.3) is 11.0 Å². The first-order valence-corrected chi connectivity index (χ1v) is 10.6. The summed E-state index contributed by atoms with van der Waals surface area (Å²) in [6.07, 6.45) is 3.13. The summed E-state index contributed by atoms with van der Waals surface area (Å²) in [7, 11) is -3.98. The highest BCUT2D eigenvalue weighted by Gasteiger charge is 2.21. The van der Waals surface area contributed by atoms with Crippen LogP contribution in [0.4, 0.5) is 4.39 Å². The van der Waals surface area contributed by atoms with Crippen molar-refractivity contribution < 1.29 is 22.0 Å². The fourth-order valence-electron chi connectivity index (χ4n) is 2.86. The number of hydrogen-bond donors (Lipinski definition) is 1. The van der Waals surface area contributed by atoms with Gasteiger partial charge in [-0.1, -0.05) is 23.7 Å². The van der Waals surface area contributed by atoms with Crippen LogP contribution < -0.4 is 5.32 Å². The molecule has 1 amide bonds. The number of nitrogens with zero attached hydrogens (tertiary/aromatic N) is 1. The van der Waals surface area contributed by atoms with Crippen molar-refractivity contribution in [1.82, 2.24) is 10.3 Å². The van der Waals surface area contributed by atoms with E-state index >= 15 is 0 Å². The molecule has 0 bridgehead atoms. The van der Waals surface area contributed by atoms with E-state index in [1.807, 2.05) is 0 Å². The molecule has 0 aliphatic carbocycles. The van der Waals surface area contributed by atoms with Gasteiger partial charge in [-0.2, -0.15) is 0 Å². The molecule has 6 nitrogen and oxygen atoms in total. The number of halogens is 2. The summed E-state index contributed by atoms with van der Waals surface area (Å²) in [5.41, 5.74) is 1.18. The number of sulfone groups is 1. The summed E-state index contributed by atoms with van der Waals surface area (Å²) in [5.74, 6) is -0.953. The topological polar surface area (TPSA) is 89.3 Å². The molecule has 0 atom stereocenters. The van der Waals surface area contributed by atoms with Crippen LogP contribution in [-0.4, -0.2) is 19.3 Å². The Morgan fingerprint density at radius 2 is 1.87 bits per heavy atom. The van der Waals surface area contributed by atoms with E-state index in [2.05, 4.69) is 10.3 Å². The lowest BCUT2D eigenvalue weighted by atomic mass is 10.2. The van der Waals surface area contributed by atoms with Crippen molar-refractivity contribution in [2.24, 2.45) is 0 Å². The molecule has 0 fully saturated rings. The number of pyridine rings is 1. The molecule has 4 rings (SSSR count). The standard InChI is InChI=1S/C21H14ClFN2O4S/c22-17-6-3-15(23)10-20(17)30(27,28)16-4-1-13(2-5-16)11-25-21(26)18-9-14-7-8-24-12-19(14)29-18/h1-10,12H,11H2,(H,25,26). The van der Waals surface area contributed by atoms with Crippen LogP contribution in [0, 0.1) is 5.82 Å². The van der Waals surface area contributed by atoms with E-state index in [-0.39, 0.29) is 27.1 Å². The minimum atomic E-state index is -3.98. The van der Waals surface area contributed by atoms with Crippen LogP contribution in [0.1, 0.15) is 16.1 Å². The summed E-state index contributed by atoms with van der Waals surface area (Å²) >= 11 is 5.93. The van der Waals surface area contributed by atoms with Crippen LogP contribution in [-0.2, 0) is 16.4 Å². The quantitative estimate of drug-likeness (QED) is 0.493. The van der Waals surface area contributed by atoms with Gasteiger partial charge in [-0.25, -0.2) is 12.8 Å². The Morgan fingerprint density at radius 3 is 2.60 bits per heavy atom. The highest BCUT2D eigenvalue weighted by molar-refractivity contribution is 7.91. The second kappa shape index (κ2) is 7.89. The zero-order valence-corrected chi connectivity index (χ0v) is 16.9. The van der Waals surface area contributed by atoms with Crippen LogP contribution >= 0.6 is 11.6 Å². The Balaban J connectivity index is 1.48. The second-order valence-electron chi connectivity index (χ2n) is 6.43. The second-order valence-corrected chi connectivity index (χ2v) is 8.75. The number of nitrogens with one attached hydrogen (secondary N) is 1. The van der Waals surface area contributed by atoms with Gasteiger partial charge in [-0.15, -0.1) is 0 Å². The molecule has 2 heterocycles. The summed E-state index contributed by atoms with van der Waals surface area (Å²) in [5, 5.41) is 3.41. The lowest BCUT2D eigenvalue weighted by Gasteiger charge is -2.08. The molecule has 0 unspecified atom stereocenters. The predicted octanol–water partition coefficient (Wildman–Crippen LogP) is 4.38. The number of rotatable bonds is 5. The summed E-state index contributed by atoms with van der Waals surface area (Å²) in [4.78, 5) is 15.9. The summed E-state index contributed by atoms with van der Waals surface area (Å²) in [6, 6.07) is 12.4. The fourth-order valence-corrected chi connectivity index (χ4v) is 4.63. The van der Waals surface area contributed by atoms with Gasteiger partial charge >= 0.3 is 0 Å². The third kappa shape index (κ3) is 3.92. The van der Waals surface area contributed by atoms with Gasteiger partial charge in [0.15, 0.2) is 11.3 Å². The largest absolute Gasteiger partial charge is 0.449 e. The first-order valence-electron chi connectivity index (χ1n) is 8.75. The van der Waals surface area contributed by atoms with E-state index in [4.69, 9.17) is 16.0 Å². The first kappa shape index (κ1) is 20.1. The third-order valence-corrected chi connectivity index (χ3v) is 6.67. The molecular formula is C21H14ClFN2O4S. The summed E-state index contributed by atoms with van der Waals surface area (Å²) in [6.45, 7) is 0.162. The van der Waals surface area contributed by atoms with E-state index in [0.29, 0.717) is 11.1 Å². The zero-order valence-electron chi connectivity index (χ0n) is 15.3. The van der Waals surface area contributed by atoms with Crippen molar-refractivity contribution in [3.8, 4) is 0 Å². The van der Waals surface area contributed by atoms with Crippen LogP contribution in [0.15, 0.2) is 81.2 Å². The molecule has 0 radical (unpaired) electrons. The van der Waals surface area contributed by atoms with E-state index in [0.717, 1.165) is 17.5 Å². The van der Waals surface area contributed by atoms with Crippen LogP contribution in [0.3, 0.4) is 0 Å². The maximum Gasteiger partial charge on any atom is 0.287 e. The van der Waals surface area contributed by atoms with Crippen LogP contribution in [0.2, 0.25) is 5.02 Å². The fraction of sp³-hybridized carbons (Fsp3) is 0.0476. The molecular weight excluding hydrogens is 431 g/mol. The van der Waals surface area contributed by atoms with Crippen molar-refractivity contribution in [3.05, 3.63) is 89.2 Å². The number of furan rings is 1.